The number of carbonyl (C=O) groups is 3. The van der Waals surface area contributed by atoms with E-state index in [-0.39, 0.29) is 36.3 Å². The molecule has 0 aromatic heterocycles. The quantitative estimate of drug-likeness (QED) is 0.452. The molecule has 2 N–H and O–H groups in total. The van der Waals surface area contributed by atoms with Crippen LogP contribution < -0.4 is 5.73 Å². The van der Waals surface area contributed by atoms with Gasteiger partial charge in [-0.05, 0) is 53.6 Å². The fourth-order valence-electron chi connectivity index (χ4n) is 4.65. The minimum atomic E-state index is -4.35. The summed E-state index contributed by atoms with van der Waals surface area (Å²) >= 11 is 0. The predicted octanol–water partition coefficient (Wildman–Crippen LogP) is 0.858. The van der Waals surface area contributed by atoms with E-state index in [1.54, 1.807) is 30.0 Å². The van der Waals surface area contributed by atoms with Crippen LogP contribution in [0.4, 0.5) is 0 Å². The van der Waals surface area contributed by atoms with Gasteiger partial charge in [0.05, 0.1) is 4.90 Å². The molecule has 34 heavy (non-hydrogen) atoms. The molecule has 0 unspecified atom stereocenters. The van der Waals surface area contributed by atoms with E-state index in [4.69, 9.17) is 10.6 Å². The van der Waals surface area contributed by atoms with Crippen molar-refractivity contribution in [1.29, 1.82) is 0 Å². The van der Waals surface area contributed by atoms with Gasteiger partial charge in [0, 0.05) is 25.7 Å². The standard InChI is InChI=1S/C23H28N4O6S/c1-16(22(29)25-11-4-7-19(24)14-25)26-12-10-21(23(26)30)27(33-15-28)34(31,32)20-9-8-17-5-2-3-6-18(17)13-20/h2-3,5-6,8-9,13,15-16,19,21H,4,7,10-12,14,24H2,1H3/t16-,19-,21-/m0/s1. The summed E-state index contributed by atoms with van der Waals surface area (Å²) in [5.41, 5.74) is 5.98. The van der Waals surface area contributed by atoms with Gasteiger partial charge in [-0.2, -0.15) is 0 Å². The van der Waals surface area contributed by atoms with Gasteiger partial charge in [0.15, 0.2) is 0 Å². The molecule has 0 spiro atoms. The van der Waals surface area contributed by atoms with Gasteiger partial charge in [-0.15, -0.1) is 0 Å². The first-order valence-electron chi connectivity index (χ1n) is 11.2. The molecule has 11 heteroatoms. The highest BCUT2D eigenvalue weighted by Gasteiger charge is 2.46. The first kappa shape index (κ1) is 24.1. The number of hydrogen-bond acceptors (Lipinski definition) is 7. The zero-order valence-corrected chi connectivity index (χ0v) is 19.7. The third-order valence-corrected chi connectivity index (χ3v) is 8.13. The summed E-state index contributed by atoms with van der Waals surface area (Å²) in [5.74, 6) is -0.822. The van der Waals surface area contributed by atoms with E-state index >= 15 is 0 Å². The zero-order valence-electron chi connectivity index (χ0n) is 18.9. The third-order valence-electron chi connectivity index (χ3n) is 6.46. The number of carbonyl (C=O) groups excluding carboxylic acids is 3. The lowest BCUT2D eigenvalue weighted by molar-refractivity contribution is -0.163. The molecule has 2 aromatic carbocycles. The largest absolute Gasteiger partial charge is 0.355 e. The normalized spacial score (nSPS) is 22.3. The lowest BCUT2D eigenvalue weighted by Gasteiger charge is -2.35. The van der Waals surface area contributed by atoms with Crippen molar-refractivity contribution in [2.45, 2.75) is 49.2 Å². The molecule has 4 rings (SSSR count). The van der Waals surface area contributed by atoms with Crippen molar-refractivity contribution in [2.24, 2.45) is 5.73 Å². The molecular weight excluding hydrogens is 460 g/mol. The fourth-order valence-corrected chi connectivity index (χ4v) is 6.05. The number of sulfonamides is 1. The number of amides is 2. The van der Waals surface area contributed by atoms with Gasteiger partial charge in [0.1, 0.15) is 12.1 Å². The first-order chi connectivity index (χ1) is 16.2. The molecular formula is C23H28N4O6S. The Balaban J connectivity index is 1.56. The number of benzene rings is 2. The highest BCUT2D eigenvalue weighted by molar-refractivity contribution is 7.89. The number of rotatable bonds is 7. The Morgan fingerprint density at radius 2 is 1.91 bits per heavy atom. The van der Waals surface area contributed by atoms with Gasteiger partial charge in [0.2, 0.25) is 11.8 Å². The van der Waals surface area contributed by atoms with Gasteiger partial charge in [-0.1, -0.05) is 30.3 Å². The first-order valence-corrected chi connectivity index (χ1v) is 12.7. The van der Waals surface area contributed by atoms with Crippen molar-refractivity contribution < 1.29 is 27.6 Å². The highest BCUT2D eigenvalue weighted by Crippen LogP contribution is 2.28. The Kier molecular flexibility index (Phi) is 6.87. The molecule has 0 bridgehead atoms. The Labute approximate surface area is 198 Å². The lowest BCUT2D eigenvalue weighted by Crippen LogP contribution is -2.54. The van der Waals surface area contributed by atoms with E-state index in [1.165, 1.54) is 17.0 Å². The van der Waals surface area contributed by atoms with Crippen molar-refractivity contribution in [1.82, 2.24) is 14.3 Å². The summed E-state index contributed by atoms with van der Waals surface area (Å²) in [5, 5.41) is 1.53. The molecule has 2 heterocycles. The summed E-state index contributed by atoms with van der Waals surface area (Å²) in [6, 6.07) is 9.60. The minimum absolute atomic E-state index is 0.0156. The van der Waals surface area contributed by atoms with E-state index in [1.807, 2.05) is 12.1 Å². The van der Waals surface area contributed by atoms with Crippen LogP contribution in [0.25, 0.3) is 10.8 Å². The smallest absolute Gasteiger partial charge is 0.314 e. The SMILES string of the molecule is C[C@@H](C(=O)N1CCC[C@H](N)C1)N1CC[C@H](N(OC=O)S(=O)(=O)c2ccc3ccccc3c2)C1=O. The Bertz CT molecular complexity index is 1200. The van der Waals surface area contributed by atoms with Gasteiger partial charge >= 0.3 is 6.47 Å². The predicted molar refractivity (Wildman–Crippen MR) is 123 cm³/mol. The number of nitrogens with zero attached hydrogens (tertiary/aromatic N) is 3. The summed E-state index contributed by atoms with van der Waals surface area (Å²) in [7, 11) is -4.35. The molecule has 2 amide bonds. The molecule has 0 saturated carbocycles. The topological polar surface area (TPSA) is 130 Å². The van der Waals surface area contributed by atoms with Gasteiger partial charge < -0.3 is 20.4 Å². The molecule has 2 saturated heterocycles. The van der Waals surface area contributed by atoms with Gasteiger partial charge in [-0.3, -0.25) is 14.4 Å². The molecule has 2 fully saturated rings. The van der Waals surface area contributed by atoms with E-state index in [2.05, 4.69) is 0 Å². The van der Waals surface area contributed by atoms with E-state index in [9.17, 15) is 22.8 Å². The summed E-state index contributed by atoms with van der Waals surface area (Å²) in [6.07, 6.45) is 1.71. The van der Waals surface area contributed by atoms with Crippen LogP contribution in [0.5, 0.6) is 0 Å². The molecule has 182 valence electrons. The van der Waals surface area contributed by atoms with Crippen molar-refractivity contribution >= 4 is 39.1 Å². The Morgan fingerprint density at radius 1 is 1.18 bits per heavy atom. The Morgan fingerprint density at radius 3 is 2.62 bits per heavy atom. The van der Waals surface area contributed by atoms with Crippen LogP contribution in [0.15, 0.2) is 47.4 Å². The lowest BCUT2D eigenvalue weighted by atomic mass is 10.1. The van der Waals surface area contributed by atoms with Gasteiger partial charge in [-0.25, -0.2) is 8.42 Å². The maximum absolute atomic E-state index is 13.4. The van der Waals surface area contributed by atoms with Crippen LogP contribution in [0.3, 0.4) is 0 Å². The molecule has 10 nitrogen and oxygen atoms in total. The number of fused-ring (bicyclic) bond motifs is 1. The average molecular weight is 489 g/mol. The molecule has 3 atom stereocenters. The Hall–Kier alpha value is -3.02. The molecule has 2 aliphatic rings. The number of likely N-dealkylation sites (tertiary alicyclic amines) is 2. The number of piperidine rings is 1. The second-order valence-corrected chi connectivity index (χ2v) is 10.5. The van der Waals surface area contributed by atoms with Crippen LogP contribution in [-0.2, 0) is 29.2 Å². The summed E-state index contributed by atoms with van der Waals surface area (Å²) in [6.45, 7) is 2.75. The molecule has 0 radical (unpaired) electrons. The minimum Gasteiger partial charge on any atom is -0.355 e. The highest BCUT2D eigenvalue weighted by atomic mass is 32.2. The molecule has 0 aliphatic carbocycles. The van der Waals surface area contributed by atoms with Crippen molar-refractivity contribution in [3.8, 4) is 0 Å². The number of hydroxylamine groups is 1. The maximum Gasteiger partial charge on any atom is 0.314 e. The number of nitrogens with two attached hydrogens (primary N) is 1. The van der Waals surface area contributed by atoms with Crippen LogP contribution in [-0.4, -0.2) is 78.7 Å². The summed E-state index contributed by atoms with van der Waals surface area (Å²) in [4.78, 5) is 45.1. The van der Waals surface area contributed by atoms with Crippen LogP contribution in [0, 0.1) is 0 Å². The van der Waals surface area contributed by atoms with Crippen LogP contribution >= 0.6 is 0 Å². The van der Waals surface area contributed by atoms with Gasteiger partial charge in [0.25, 0.3) is 10.0 Å². The second-order valence-electron chi connectivity index (χ2n) is 8.67. The fraction of sp³-hybridized carbons (Fsp3) is 0.435. The van der Waals surface area contributed by atoms with E-state index in [0.29, 0.717) is 22.9 Å². The third kappa shape index (κ3) is 4.50. The van der Waals surface area contributed by atoms with Crippen molar-refractivity contribution in [2.75, 3.05) is 19.6 Å². The van der Waals surface area contributed by atoms with E-state index in [0.717, 1.165) is 18.2 Å². The second kappa shape index (κ2) is 9.69. The van der Waals surface area contributed by atoms with Crippen molar-refractivity contribution in [3.05, 3.63) is 42.5 Å². The number of hydrogen-bond donors (Lipinski definition) is 1. The summed E-state index contributed by atoms with van der Waals surface area (Å²) < 4.78 is 27.2. The van der Waals surface area contributed by atoms with Crippen LogP contribution in [0.2, 0.25) is 0 Å². The monoisotopic (exact) mass is 488 g/mol. The van der Waals surface area contributed by atoms with E-state index < -0.39 is 28.0 Å². The molecule has 2 aliphatic heterocycles. The van der Waals surface area contributed by atoms with Crippen molar-refractivity contribution in [3.63, 3.8) is 0 Å². The zero-order chi connectivity index (χ0) is 24.5. The maximum atomic E-state index is 13.4. The average Bonchev–Trinajstić information content (AvgIpc) is 3.21. The molecule has 2 aromatic rings. The van der Waals surface area contributed by atoms with Crippen LogP contribution in [0.1, 0.15) is 26.2 Å².